The number of halogens is 1. The molecule has 1 aromatic heterocycles. The normalized spacial score (nSPS) is 11.1. The molecule has 0 saturated carbocycles. The van der Waals surface area contributed by atoms with Gasteiger partial charge in [0.2, 0.25) is 0 Å². The molecule has 0 unspecified atom stereocenters. The molecular formula is C20H18ClN3O3S. The van der Waals surface area contributed by atoms with Crippen LogP contribution in [-0.2, 0) is 16.6 Å². The van der Waals surface area contributed by atoms with E-state index in [1.165, 1.54) is 31.3 Å². The summed E-state index contributed by atoms with van der Waals surface area (Å²) in [5, 5.41) is 3.01. The summed E-state index contributed by atoms with van der Waals surface area (Å²) in [7, 11) is -2.32. The molecule has 3 rings (SSSR count). The van der Waals surface area contributed by atoms with Gasteiger partial charge >= 0.3 is 0 Å². The summed E-state index contributed by atoms with van der Waals surface area (Å²) in [5.74, 6) is -0.394. The van der Waals surface area contributed by atoms with E-state index in [9.17, 15) is 13.2 Å². The van der Waals surface area contributed by atoms with Gasteiger partial charge in [-0.1, -0.05) is 29.8 Å². The van der Waals surface area contributed by atoms with E-state index in [0.717, 1.165) is 9.87 Å². The van der Waals surface area contributed by atoms with E-state index >= 15 is 0 Å². The SMILES string of the molecule is CN(c1ccc(Cl)c(C(=O)NCc2ccncc2)c1)S(=O)(=O)c1ccccc1. The molecule has 0 radical (unpaired) electrons. The average Bonchev–Trinajstić information content (AvgIpc) is 2.73. The first-order valence-electron chi connectivity index (χ1n) is 8.40. The van der Waals surface area contributed by atoms with Crippen molar-refractivity contribution in [3.63, 3.8) is 0 Å². The number of nitrogens with one attached hydrogen (secondary N) is 1. The first-order chi connectivity index (χ1) is 13.4. The zero-order chi connectivity index (χ0) is 20.1. The smallest absolute Gasteiger partial charge is 0.264 e. The molecule has 0 aliphatic carbocycles. The van der Waals surface area contributed by atoms with Crippen molar-refractivity contribution in [1.82, 2.24) is 10.3 Å². The van der Waals surface area contributed by atoms with E-state index in [-0.39, 0.29) is 15.5 Å². The maximum absolute atomic E-state index is 12.8. The van der Waals surface area contributed by atoms with Gasteiger partial charge in [0.05, 0.1) is 21.2 Å². The third-order valence-corrected chi connectivity index (χ3v) is 6.29. The lowest BCUT2D eigenvalue weighted by molar-refractivity contribution is 0.0951. The number of hydrogen-bond donors (Lipinski definition) is 1. The van der Waals surface area contributed by atoms with Crippen LogP contribution in [0.15, 0.2) is 78.0 Å². The highest BCUT2D eigenvalue weighted by Crippen LogP contribution is 2.26. The van der Waals surface area contributed by atoms with Gasteiger partial charge in [-0.3, -0.25) is 14.1 Å². The third kappa shape index (κ3) is 4.32. The fourth-order valence-corrected chi connectivity index (χ4v) is 3.96. The summed E-state index contributed by atoms with van der Waals surface area (Å²) < 4.78 is 26.7. The molecule has 1 N–H and O–H groups in total. The number of pyridine rings is 1. The molecule has 0 aliphatic heterocycles. The van der Waals surface area contributed by atoms with Crippen molar-refractivity contribution in [3.05, 3.63) is 89.2 Å². The van der Waals surface area contributed by atoms with E-state index in [2.05, 4.69) is 10.3 Å². The predicted molar refractivity (Wildman–Crippen MR) is 109 cm³/mol. The van der Waals surface area contributed by atoms with Crippen molar-refractivity contribution in [2.45, 2.75) is 11.4 Å². The third-order valence-electron chi connectivity index (χ3n) is 4.16. The molecule has 8 heteroatoms. The minimum atomic E-state index is -3.75. The highest BCUT2D eigenvalue weighted by molar-refractivity contribution is 7.92. The molecular weight excluding hydrogens is 398 g/mol. The van der Waals surface area contributed by atoms with E-state index in [0.29, 0.717) is 12.2 Å². The second kappa shape index (κ2) is 8.41. The molecule has 0 saturated heterocycles. The van der Waals surface area contributed by atoms with Crippen molar-refractivity contribution in [1.29, 1.82) is 0 Å². The van der Waals surface area contributed by atoms with Crippen LogP contribution >= 0.6 is 11.6 Å². The summed E-state index contributed by atoms with van der Waals surface area (Å²) in [5.41, 5.74) is 1.42. The van der Waals surface area contributed by atoms with Crippen molar-refractivity contribution in [2.75, 3.05) is 11.4 Å². The van der Waals surface area contributed by atoms with Crippen LogP contribution < -0.4 is 9.62 Å². The summed E-state index contributed by atoms with van der Waals surface area (Å²) in [6.07, 6.45) is 3.27. The number of nitrogens with zero attached hydrogens (tertiary/aromatic N) is 2. The number of amides is 1. The number of carbonyl (C=O) groups is 1. The zero-order valence-electron chi connectivity index (χ0n) is 15.0. The Morgan fingerprint density at radius 3 is 2.43 bits per heavy atom. The fraction of sp³-hybridized carbons (Fsp3) is 0.100. The van der Waals surface area contributed by atoms with Gasteiger partial charge < -0.3 is 5.32 Å². The Labute approximate surface area is 168 Å². The van der Waals surface area contributed by atoms with Gasteiger partial charge in [-0.15, -0.1) is 0 Å². The molecule has 144 valence electrons. The molecule has 0 spiro atoms. The minimum Gasteiger partial charge on any atom is -0.348 e. The standard InChI is InChI=1S/C20H18ClN3O3S/c1-24(28(26,27)17-5-3-2-4-6-17)16-7-8-19(21)18(13-16)20(25)23-14-15-9-11-22-12-10-15/h2-13H,14H2,1H3,(H,23,25). The van der Waals surface area contributed by atoms with Crippen molar-refractivity contribution in [3.8, 4) is 0 Å². The second-order valence-corrected chi connectivity index (χ2v) is 8.36. The van der Waals surface area contributed by atoms with Crippen LogP contribution in [0.2, 0.25) is 5.02 Å². The number of aromatic nitrogens is 1. The van der Waals surface area contributed by atoms with Gasteiger partial charge in [-0.25, -0.2) is 8.42 Å². The molecule has 28 heavy (non-hydrogen) atoms. The lowest BCUT2D eigenvalue weighted by Gasteiger charge is -2.20. The van der Waals surface area contributed by atoms with Crippen LogP contribution in [0.4, 0.5) is 5.69 Å². The van der Waals surface area contributed by atoms with Gasteiger partial charge in [0.25, 0.3) is 15.9 Å². The Hall–Kier alpha value is -2.90. The molecule has 1 heterocycles. The van der Waals surface area contributed by atoms with Gasteiger partial charge in [0.15, 0.2) is 0 Å². The lowest BCUT2D eigenvalue weighted by Crippen LogP contribution is -2.27. The number of rotatable bonds is 6. The molecule has 0 atom stereocenters. The summed E-state index contributed by atoms with van der Waals surface area (Å²) in [6.45, 7) is 0.306. The lowest BCUT2D eigenvalue weighted by atomic mass is 10.1. The molecule has 3 aromatic rings. The Bertz CT molecular complexity index is 1070. The van der Waals surface area contributed by atoms with Crippen LogP contribution in [0, 0.1) is 0 Å². The molecule has 1 amide bonds. The molecule has 2 aromatic carbocycles. The van der Waals surface area contributed by atoms with E-state index in [1.807, 2.05) is 0 Å². The van der Waals surface area contributed by atoms with Gasteiger partial charge in [-0.2, -0.15) is 0 Å². The first kappa shape index (κ1) is 19.9. The Morgan fingerprint density at radius 1 is 1.07 bits per heavy atom. The highest BCUT2D eigenvalue weighted by Gasteiger charge is 2.22. The van der Waals surface area contributed by atoms with Crippen LogP contribution in [0.25, 0.3) is 0 Å². The molecule has 0 aliphatic rings. The highest BCUT2D eigenvalue weighted by atomic mass is 35.5. The van der Waals surface area contributed by atoms with E-state index < -0.39 is 15.9 Å². The molecule has 0 bridgehead atoms. The van der Waals surface area contributed by atoms with Crippen LogP contribution in [0.3, 0.4) is 0 Å². The largest absolute Gasteiger partial charge is 0.348 e. The Balaban J connectivity index is 1.83. The summed E-state index contributed by atoms with van der Waals surface area (Å²) in [4.78, 5) is 16.6. The number of hydrogen-bond acceptors (Lipinski definition) is 4. The minimum absolute atomic E-state index is 0.163. The topological polar surface area (TPSA) is 79.4 Å². The zero-order valence-corrected chi connectivity index (χ0v) is 16.6. The molecule has 0 fully saturated rings. The number of benzene rings is 2. The first-order valence-corrected chi connectivity index (χ1v) is 10.2. The maximum Gasteiger partial charge on any atom is 0.264 e. The second-order valence-electron chi connectivity index (χ2n) is 5.99. The van der Waals surface area contributed by atoms with Crippen molar-refractivity contribution >= 4 is 33.2 Å². The molecule has 6 nitrogen and oxygen atoms in total. The van der Waals surface area contributed by atoms with Crippen LogP contribution in [0.1, 0.15) is 15.9 Å². The van der Waals surface area contributed by atoms with Crippen molar-refractivity contribution < 1.29 is 13.2 Å². The Morgan fingerprint density at radius 2 is 1.75 bits per heavy atom. The predicted octanol–water partition coefficient (Wildman–Crippen LogP) is 3.49. The van der Waals surface area contributed by atoms with E-state index in [4.69, 9.17) is 11.6 Å². The van der Waals surface area contributed by atoms with Crippen molar-refractivity contribution in [2.24, 2.45) is 0 Å². The fourth-order valence-electron chi connectivity index (χ4n) is 2.55. The van der Waals surface area contributed by atoms with E-state index in [1.54, 1.807) is 48.8 Å². The number of anilines is 1. The van der Waals surface area contributed by atoms with Gasteiger partial charge in [0, 0.05) is 26.0 Å². The summed E-state index contributed by atoms with van der Waals surface area (Å²) >= 11 is 6.17. The summed E-state index contributed by atoms with van der Waals surface area (Å²) in [6, 6.07) is 16.2. The Kier molecular flexibility index (Phi) is 5.96. The quantitative estimate of drug-likeness (QED) is 0.668. The van der Waals surface area contributed by atoms with Gasteiger partial charge in [0.1, 0.15) is 0 Å². The number of sulfonamides is 1. The van der Waals surface area contributed by atoms with Crippen LogP contribution in [-0.4, -0.2) is 26.4 Å². The number of carbonyl (C=O) groups excluding carboxylic acids is 1. The van der Waals surface area contributed by atoms with Gasteiger partial charge in [-0.05, 0) is 48.0 Å². The maximum atomic E-state index is 12.8. The average molecular weight is 416 g/mol. The monoisotopic (exact) mass is 415 g/mol. The van der Waals surface area contributed by atoms with Crippen LogP contribution in [0.5, 0.6) is 0 Å².